The van der Waals surface area contributed by atoms with Gasteiger partial charge in [0.05, 0.1) is 39.5 Å². The van der Waals surface area contributed by atoms with E-state index in [1.807, 2.05) is 0 Å². The van der Waals surface area contributed by atoms with Gasteiger partial charge in [0.15, 0.2) is 0 Å². The summed E-state index contributed by atoms with van der Waals surface area (Å²) in [6, 6.07) is 0. The van der Waals surface area contributed by atoms with Gasteiger partial charge in [-0.1, -0.05) is 6.08 Å². The first-order chi connectivity index (χ1) is 6.81. The van der Waals surface area contributed by atoms with Crippen molar-refractivity contribution in [3.05, 3.63) is 12.7 Å². The van der Waals surface area contributed by atoms with Gasteiger partial charge in [0.1, 0.15) is 0 Å². The third-order valence-electron chi connectivity index (χ3n) is 1.36. The molecule has 0 aliphatic rings. The SMILES string of the molecule is C=CCOCCOCCC(=O)OCC. The topological polar surface area (TPSA) is 44.8 Å². The summed E-state index contributed by atoms with van der Waals surface area (Å²) in [7, 11) is 0. The maximum atomic E-state index is 10.8. The van der Waals surface area contributed by atoms with Gasteiger partial charge in [-0.2, -0.15) is 0 Å². The number of hydrogen-bond donors (Lipinski definition) is 0. The molecule has 0 rings (SSSR count). The molecule has 0 aliphatic carbocycles. The van der Waals surface area contributed by atoms with Gasteiger partial charge in [-0.05, 0) is 6.92 Å². The van der Waals surface area contributed by atoms with E-state index in [9.17, 15) is 4.79 Å². The van der Waals surface area contributed by atoms with E-state index in [-0.39, 0.29) is 5.97 Å². The molecule has 0 heterocycles. The maximum Gasteiger partial charge on any atom is 0.308 e. The smallest absolute Gasteiger partial charge is 0.308 e. The second-order valence-electron chi connectivity index (χ2n) is 2.53. The van der Waals surface area contributed by atoms with Crippen molar-refractivity contribution in [3.63, 3.8) is 0 Å². The minimum Gasteiger partial charge on any atom is -0.466 e. The molecule has 0 aromatic rings. The van der Waals surface area contributed by atoms with Gasteiger partial charge < -0.3 is 14.2 Å². The van der Waals surface area contributed by atoms with Gasteiger partial charge in [-0.3, -0.25) is 4.79 Å². The fourth-order valence-corrected chi connectivity index (χ4v) is 0.775. The third kappa shape index (κ3) is 9.22. The lowest BCUT2D eigenvalue weighted by molar-refractivity contribution is -0.144. The van der Waals surface area contributed by atoms with Crippen LogP contribution in [0.2, 0.25) is 0 Å². The minimum atomic E-state index is -0.223. The second-order valence-corrected chi connectivity index (χ2v) is 2.53. The Balaban J connectivity index is 3.05. The van der Waals surface area contributed by atoms with E-state index < -0.39 is 0 Å². The van der Waals surface area contributed by atoms with E-state index in [2.05, 4.69) is 6.58 Å². The highest BCUT2D eigenvalue weighted by Crippen LogP contribution is 1.88. The second kappa shape index (κ2) is 10.2. The van der Waals surface area contributed by atoms with Crippen LogP contribution in [0, 0.1) is 0 Å². The first-order valence-corrected chi connectivity index (χ1v) is 4.73. The summed E-state index contributed by atoms with van der Waals surface area (Å²) in [6.07, 6.45) is 1.98. The van der Waals surface area contributed by atoms with Crippen LogP contribution in [-0.2, 0) is 19.0 Å². The number of rotatable bonds is 9. The van der Waals surface area contributed by atoms with E-state index in [4.69, 9.17) is 14.2 Å². The normalized spacial score (nSPS) is 9.79. The van der Waals surface area contributed by atoms with E-state index >= 15 is 0 Å². The summed E-state index contributed by atoms with van der Waals surface area (Å²) in [6.45, 7) is 7.64. The van der Waals surface area contributed by atoms with Crippen LogP contribution < -0.4 is 0 Å². The molecule has 0 aromatic heterocycles. The van der Waals surface area contributed by atoms with Gasteiger partial charge in [0, 0.05) is 0 Å². The molecule has 0 saturated carbocycles. The largest absolute Gasteiger partial charge is 0.466 e. The van der Waals surface area contributed by atoms with E-state index in [0.717, 1.165) is 0 Å². The van der Waals surface area contributed by atoms with Crippen LogP contribution >= 0.6 is 0 Å². The van der Waals surface area contributed by atoms with E-state index in [1.54, 1.807) is 13.0 Å². The molecule has 0 atom stereocenters. The van der Waals surface area contributed by atoms with Crippen LogP contribution in [0.15, 0.2) is 12.7 Å². The highest BCUT2D eigenvalue weighted by atomic mass is 16.5. The molecule has 4 nitrogen and oxygen atoms in total. The fraction of sp³-hybridized carbons (Fsp3) is 0.700. The number of esters is 1. The highest BCUT2D eigenvalue weighted by molar-refractivity contribution is 5.69. The van der Waals surface area contributed by atoms with Crippen LogP contribution in [0.25, 0.3) is 0 Å². The quantitative estimate of drug-likeness (QED) is 0.320. The molecule has 4 heteroatoms. The summed E-state index contributed by atoms with van der Waals surface area (Å²) in [5.74, 6) is -0.223. The maximum absolute atomic E-state index is 10.8. The van der Waals surface area contributed by atoms with Gasteiger partial charge in [0.25, 0.3) is 0 Å². The standard InChI is InChI=1S/C10H18O4/c1-3-6-12-8-9-13-7-5-10(11)14-4-2/h3H,1,4-9H2,2H3. The molecule has 0 amide bonds. The Morgan fingerprint density at radius 3 is 2.64 bits per heavy atom. The first-order valence-electron chi connectivity index (χ1n) is 4.73. The Morgan fingerprint density at radius 1 is 1.29 bits per heavy atom. The summed E-state index contributed by atoms with van der Waals surface area (Å²) in [5.41, 5.74) is 0. The fourth-order valence-electron chi connectivity index (χ4n) is 0.775. The Hall–Kier alpha value is -0.870. The Bertz CT molecular complexity index is 156. The predicted octanol–water partition coefficient (Wildman–Crippen LogP) is 1.16. The molecule has 0 aromatic carbocycles. The van der Waals surface area contributed by atoms with Crippen molar-refractivity contribution in [1.29, 1.82) is 0 Å². The zero-order valence-electron chi connectivity index (χ0n) is 8.66. The summed E-state index contributed by atoms with van der Waals surface area (Å²) < 4.78 is 14.9. The zero-order valence-corrected chi connectivity index (χ0v) is 8.66. The van der Waals surface area contributed by atoms with Gasteiger partial charge in [-0.25, -0.2) is 0 Å². The Morgan fingerprint density at radius 2 is 2.00 bits per heavy atom. The van der Waals surface area contributed by atoms with Crippen molar-refractivity contribution in [2.75, 3.05) is 33.0 Å². The molecule has 0 spiro atoms. The molecule has 82 valence electrons. The number of ether oxygens (including phenoxy) is 3. The molecule has 0 radical (unpaired) electrons. The molecule has 0 unspecified atom stereocenters. The molecular weight excluding hydrogens is 184 g/mol. The summed E-state index contributed by atoms with van der Waals surface area (Å²) >= 11 is 0. The van der Waals surface area contributed by atoms with Crippen molar-refractivity contribution in [2.45, 2.75) is 13.3 Å². The van der Waals surface area contributed by atoms with Crippen LogP contribution in [0.4, 0.5) is 0 Å². The monoisotopic (exact) mass is 202 g/mol. The molecule has 0 bridgehead atoms. The Labute approximate surface area is 84.8 Å². The third-order valence-corrected chi connectivity index (χ3v) is 1.36. The zero-order chi connectivity index (χ0) is 10.6. The van der Waals surface area contributed by atoms with Gasteiger partial charge >= 0.3 is 5.97 Å². The van der Waals surface area contributed by atoms with E-state index in [1.165, 1.54) is 0 Å². The van der Waals surface area contributed by atoms with Crippen LogP contribution in [0.5, 0.6) is 0 Å². The van der Waals surface area contributed by atoms with Crippen LogP contribution in [0.3, 0.4) is 0 Å². The van der Waals surface area contributed by atoms with Crippen molar-refractivity contribution in [1.82, 2.24) is 0 Å². The average Bonchev–Trinajstić information content (AvgIpc) is 2.17. The molecule has 0 aliphatic heterocycles. The van der Waals surface area contributed by atoms with Gasteiger partial charge in [0.2, 0.25) is 0 Å². The van der Waals surface area contributed by atoms with Crippen molar-refractivity contribution in [3.8, 4) is 0 Å². The molecular formula is C10H18O4. The average molecular weight is 202 g/mol. The van der Waals surface area contributed by atoms with Crippen LogP contribution in [-0.4, -0.2) is 39.0 Å². The first kappa shape index (κ1) is 13.1. The summed E-state index contributed by atoms with van der Waals surface area (Å²) in [4.78, 5) is 10.8. The lowest BCUT2D eigenvalue weighted by atomic mass is 10.5. The lowest BCUT2D eigenvalue weighted by Crippen LogP contribution is -2.10. The number of hydrogen-bond acceptors (Lipinski definition) is 4. The number of carbonyl (C=O) groups is 1. The van der Waals surface area contributed by atoms with Crippen LogP contribution in [0.1, 0.15) is 13.3 Å². The molecule has 14 heavy (non-hydrogen) atoms. The molecule has 0 N–H and O–H groups in total. The van der Waals surface area contributed by atoms with Crippen molar-refractivity contribution in [2.24, 2.45) is 0 Å². The predicted molar refractivity (Wildman–Crippen MR) is 53.1 cm³/mol. The van der Waals surface area contributed by atoms with E-state index in [0.29, 0.717) is 39.5 Å². The minimum absolute atomic E-state index is 0.223. The van der Waals surface area contributed by atoms with Crippen molar-refractivity contribution < 1.29 is 19.0 Å². The molecule has 0 saturated heterocycles. The Kier molecular flexibility index (Phi) is 9.58. The van der Waals surface area contributed by atoms with Crippen molar-refractivity contribution >= 4 is 5.97 Å². The molecule has 0 fully saturated rings. The number of carbonyl (C=O) groups excluding carboxylic acids is 1. The highest BCUT2D eigenvalue weighted by Gasteiger charge is 2.00. The van der Waals surface area contributed by atoms with Gasteiger partial charge in [-0.15, -0.1) is 6.58 Å². The lowest BCUT2D eigenvalue weighted by Gasteiger charge is -2.04. The summed E-state index contributed by atoms with van der Waals surface area (Å²) in [5, 5.41) is 0.